The summed E-state index contributed by atoms with van der Waals surface area (Å²) in [6.07, 6.45) is 0. The molecule has 0 saturated heterocycles. The van der Waals surface area contributed by atoms with Gasteiger partial charge in [-0.1, -0.05) is 110 Å². The van der Waals surface area contributed by atoms with Crippen LogP contribution in [0.1, 0.15) is 71.8 Å². The van der Waals surface area contributed by atoms with Crippen LogP contribution in [0.5, 0.6) is 11.5 Å². The Balaban J connectivity index is 1.43. The van der Waals surface area contributed by atoms with Gasteiger partial charge in [-0.05, 0) is 96.2 Å². The molecular weight excluding hydrogens is 605 g/mol. The van der Waals surface area contributed by atoms with Crippen LogP contribution in [0.4, 0.5) is 0 Å². The summed E-state index contributed by atoms with van der Waals surface area (Å²) < 4.78 is 168. The van der Waals surface area contributed by atoms with E-state index in [9.17, 15) is 0 Å². The molecule has 0 fully saturated rings. The fourth-order valence-electron chi connectivity index (χ4n) is 6.87. The second-order valence-electron chi connectivity index (χ2n) is 11.8. The van der Waals surface area contributed by atoms with Crippen molar-refractivity contribution in [3.05, 3.63) is 143 Å². The van der Waals surface area contributed by atoms with Gasteiger partial charge in [0, 0.05) is 52.3 Å². The molecule has 0 N–H and O–H groups in total. The highest BCUT2D eigenvalue weighted by atomic mass is 32.1. The molecule has 1 aliphatic heterocycles. The summed E-state index contributed by atoms with van der Waals surface area (Å²) in [6, 6.07) is 26.6. The lowest BCUT2D eigenvalue weighted by Crippen LogP contribution is -2.24. The third kappa shape index (κ3) is 4.02. The van der Waals surface area contributed by atoms with Gasteiger partial charge in [0.1, 0.15) is 11.5 Å². The van der Waals surface area contributed by atoms with Crippen LogP contribution in [-0.2, 0) is 5.41 Å². The molecule has 9 rings (SSSR count). The van der Waals surface area contributed by atoms with Gasteiger partial charge in [-0.3, -0.25) is 4.40 Å². The number of hydrogen-bond acceptors (Lipinski definition) is 3. The molecule has 0 aliphatic carbocycles. The Hall–Kier alpha value is -5.19. The van der Waals surface area contributed by atoms with Crippen LogP contribution in [0.25, 0.3) is 59.6 Å². The minimum Gasteiger partial charge on any atom is -0.456 e. The van der Waals surface area contributed by atoms with E-state index in [-0.39, 0.29) is 50.3 Å². The van der Waals surface area contributed by atoms with Gasteiger partial charge in [-0.15, -0.1) is 0 Å². The molecule has 4 heteroatoms. The Morgan fingerprint density at radius 2 is 1.29 bits per heavy atom. The topological polar surface area (TPSA) is 26.5 Å². The molecule has 3 nitrogen and oxygen atoms in total. The number of fused-ring (bicyclic) bond motifs is 7. The molecule has 3 heterocycles. The van der Waals surface area contributed by atoms with Gasteiger partial charge >= 0.3 is 0 Å². The quantitative estimate of drug-likeness (QED) is 0.189. The Morgan fingerprint density at radius 1 is 0.625 bits per heavy atom. The molecule has 2 aromatic heterocycles. The maximum absolute atomic E-state index is 9.08. The molecule has 0 atom stereocenters. The number of imidazole rings is 1. The number of nitrogens with zero attached hydrogens (tertiary/aromatic N) is 2. The number of aromatic nitrogens is 2. The number of thiazole rings is 1. The maximum atomic E-state index is 9.08. The fourth-order valence-corrected chi connectivity index (χ4v) is 8.03. The van der Waals surface area contributed by atoms with Crippen molar-refractivity contribution in [1.82, 2.24) is 9.38 Å². The van der Waals surface area contributed by atoms with Crippen molar-refractivity contribution in [2.75, 3.05) is 0 Å². The summed E-state index contributed by atoms with van der Waals surface area (Å²) in [5.74, 6) is -0.600. The molecule has 6 aromatic carbocycles. The lowest BCUT2D eigenvalue weighted by molar-refractivity contribution is 0.419. The van der Waals surface area contributed by atoms with Gasteiger partial charge in [0.15, 0.2) is 4.96 Å². The number of para-hydroxylation sites is 4. The summed E-state index contributed by atoms with van der Waals surface area (Å²) >= 11 is 1.21. The van der Waals surface area contributed by atoms with Gasteiger partial charge in [-0.2, -0.15) is 0 Å². The smallest absolute Gasteiger partial charge is 0.195 e. The van der Waals surface area contributed by atoms with E-state index in [0.717, 1.165) is 11.6 Å². The number of rotatable bonds is 3. The van der Waals surface area contributed by atoms with Crippen LogP contribution in [0.2, 0.25) is 0 Å². The highest BCUT2D eigenvalue weighted by Crippen LogP contribution is 2.52. The molecule has 0 amide bonds. The van der Waals surface area contributed by atoms with Crippen LogP contribution >= 0.6 is 11.3 Å². The second-order valence-corrected chi connectivity index (χ2v) is 12.8. The van der Waals surface area contributed by atoms with Crippen molar-refractivity contribution in [1.29, 1.82) is 0 Å². The van der Waals surface area contributed by atoms with Crippen molar-refractivity contribution in [2.45, 2.75) is 46.5 Å². The molecule has 48 heavy (non-hydrogen) atoms. The first kappa shape index (κ1) is 15.8. The van der Waals surface area contributed by atoms with E-state index in [1.54, 1.807) is 18.2 Å². The molecule has 0 radical (unpaired) electrons. The molecule has 0 saturated carbocycles. The van der Waals surface area contributed by atoms with Crippen molar-refractivity contribution < 1.29 is 29.4 Å². The number of hydrogen-bond donors (Lipinski definition) is 0. The molecule has 234 valence electrons. The van der Waals surface area contributed by atoms with E-state index in [0.29, 0.717) is 20.7 Å². The lowest BCUT2D eigenvalue weighted by Gasteiger charge is -2.35. The molecule has 1 aliphatic rings. The van der Waals surface area contributed by atoms with E-state index < -0.39 is 74.5 Å². The predicted octanol–water partition coefficient (Wildman–Crippen LogP) is 12.4. The summed E-state index contributed by atoms with van der Waals surface area (Å²) in [5, 5.41) is 0. The van der Waals surface area contributed by atoms with Crippen molar-refractivity contribution in [3.63, 3.8) is 0 Å². The van der Waals surface area contributed by atoms with Gasteiger partial charge in [0.05, 0.1) is 21.3 Å². The molecule has 0 spiro atoms. The first-order valence-electron chi connectivity index (χ1n) is 24.1. The largest absolute Gasteiger partial charge is 0.456 e. The van der Waals surface area contributed by atoms with Crippen LogP contribution in [0.3, 0.4) is 0 Å². The summed E-state index contributed by atoms with van der Waals surface area (Å²) in [7, 11) is 0. The van der Waals surface area contributed by atoms with Crippen molar-refractivity contribution in [3.8, 4) is 44.9 Å². The molecule has 0 unspecified atom stereocenters. The number of aryl methyl sites for hydroxylation is 2. The highest BCUT2D eigenvalue weighted by molar-refractivity contribution is 7.24. The second kappa shape index (κ2) is 10.4. The zero-order valence-corrected chi connectivity index (χ0v) is 25.9. The maximum Gasteiger partial charge on any atom is 0.195 e. The molecule has 0 bridgehead atoms. The number of benzene rings is 6. The van der Waals surface area contributed by atoms with Gasteiger partial charge in [0.2, 0.25) is 0 Å². The first-order chi connectivity index (χ1) is 30.6. The average molecular weight is 659 g/mol. The zero-order valence-electron chi connectivity index (χ0n) is 43.1. The molecule has 8 aromatic rings. The normalized spacial score (nSPS) is 20.7. The third-order valence-electron chi connectivity index (χ3n) is 9.12. The van der Waals surface area contributed by atoms with E-state index in [1.807, 2.05) is 28.7 Å². The Kier molecular flexibility index (Phi) is 3.43. The fraction of sp³-hybridized carbons (Fsp3) is 0.159. The van der Waals surface area contributed by atoms with E-state index >= 15 is 0 Å². The minimum absolute atomic E-state index is 0.176. The van der Waals surface area contributed by atoms with E-state index in [1.165, 1.54) is 72.0 Å². The third-order valence-corrected chi connectivity index (χ3v) is 10.2. The van der Waals surface area contributed by atoms with Crippen molar-refractivity contribution in [2.24, 2.45) is 0 Å². The summed E-state index contributed by atoms with van der Waals surface area (Å²) in [5.41, 5.74) is -4.69. The SMILES string of the molecule is [2H]C([2H])([2H])c1ccc(-c2ccc(C([2H])([2H])[2H])c(-c3cccc4c3sc3nc5ccccc5n34)c2C([2H])([2H])[2H])c(C([2H])([2H])[2H])c1-c1cccc2c1Oc1ccccc1C2(C([2H])([2H])[2H])C([2H])([2H])[2H]. The Morgan fingerprint density at radius 3 is 2.06 bits per heavy atom. The summed E-state index contributed by atoms with van der Waals surface area (Å²) in [6.45, 7) is -19.0. The Labute approximate surface area is 310 Å². The standard InChI is InChI=1S/C44H36N2OS/c1-25-21-23-29(27(3)39(25)31-13-11-16-34-41(31)47-38-20-10-7-15-33(38)44(34,5)6)30-24-22-26(2)40(28(30)4)32-14-12-19-37-42(32)48-43-45-35-17-8-9-18-36(35)46(37)43/h7-24H,1-6H3/i1D3,2D3,3D3,4D3,5D3,6D3. The first-order valence-corrected chi connectivity index (χ1v) is 16.0. The van der Waals surface area contributed by atoms with E-state index in [4.69, 9.17) is 34.4 Å². The minimum atomic E-state index is -3.29. The zero-order chi connectivity index (χ0) is 47.9. The van der Waals surface area contributed by atoms with Gasteiger partial charge in [0.25, 0.3) is 0 Å². The van der Waals surface area contributed by atoms with Crippen LogP contribution in [0, 0.1) is 27.4 Å². The predicted molar refractivity (Wildman–Crippen MR) is 202 cm³/mol. The lowest BCUT2D eigenvalue weighted by atomic mass is 9.74. The van der Waals surface area contributed by atoms with E-state index in [2.05, 4.69) is 0 Å². The van der Waals surface area contributed by atoms with Crippen molar-refractivity contribution >= 4 is 37.5 Å². The van der Waals surface area contributed by atoms with Crippen LogP contribution < -0.4 is 4.74 Å². The average Bonchev–Trinajstić information content (AvgIpc) is 3.75. The molecular formula is C44H36N2OS. The highest BCUT2D eigenvalue weighted by Gasteiger charge is 2.35. The van der Waals surface area contributed by atoms with Gasteiger partial charge in [-0.25, -0.2) is 4.98 Å². The van der Waals surface area contributed by atoms with Gasteiger partial charge < -0.3 is 4.74 Å². The van der Waals surface area contributed by atoms with Crippen LogP contribution in [-0.4, -0.2) is 9.38 Å². The number of ether oxygens (including phenoxy) is 1. The summed E-state index contributed by atoms with van der Waals surface area (Å²) in [4.78, 5) is 5.31. The Bertz CT molecular complexity index is 3260. The van der Waals surface area contributed by atoms with Crippen LogP contribution in [0.15, 0.2) is 109 Å². The monoisotopic (exact) mass is 658 g/mol.